The molecule has 2 heterocycles. The molecule has 0 aliphatic carbocycles. The number of aromatic nitrogens is 2. The van der Waals surface area contributed by atoms with Gasteiger partial charge in [0.1, 0.15) is 5.65 Å². The van der Waals surface area contributed by atoms with Gasteiger partial charge in [-0.2, -0.15) is 0 Å². The number of fused-ring (bicyclic) bond motifs is 1. The molecule has 13 heavy (non-hydrogen) atoms. The molecule has 0 atom stereocenters. The monoisotopic (exact) mass is 174 g/mol. The maximum atomic E-state index is 4.35. The summed E-state index contributed by atoms with van der Waals surface area (Å²) in [5.74, 6) is 0. The predicted octanol–water partition coefficient (Wildman–Crippen LogP) is 2.86. The highest BCUT2D eigenvalue weighted by atomic mass is 14.8. The summed E-state index contributed by atoms with van der Waals surface area (Å²) in [5.41, 5.74) is 2.42. The van der Waals surface area contributed by atoms with E-state index in [1.54, 1.807) is 0 Å². The van der Waals surface area contributed by atoms with E-state index < -0.39 is 0 Å². The van der Waals surface area contributed by atoms with Crippen LogP contribution in [0.25, 0.3) is 11.0 Å². The lowest BCUT2D eigenvalue weighted by molar-refractivity contribution is 0.588. The summed E-state index contributed by atoms with van der Waals surface area (Å²) in [6, 6.07) is 4.25. The molecule has 68 valence electrons. The average Bonchev–Trinajstić information content (AvgIpc) is 2.47. The molecular weight excluding hydrogens is 160 g/mol. The van der Waals surface area contributed by atoms with Crippen LogP contribution < -0.4 is 0 Å². The van der Waals surface area contributed by atoms with Crippen LogP contribution in [0.1, 0.15) is 26.3 Å². The maximum Gasteiger partial charge on any atom is 0.137 e. The largest absolute Gasteiger partial charge is 0.346 e. The highest BCUT2D eigenvalue weighted by molar-refractivity contribution is 5.75. The van der Waals surface area contributed by atoms with E-state index in [2.05, 4.69) is 42.9 Å². The van der Waals surface area contributed by atoms with E-state index in [9.17, 15) is 0 Å². The number of pyridine rings is 1. The van der Waals surface area contributed by atoms with Crippen LogP contribution in [0, 0.1) is 0 Å². The van der Waals surface area contributed by atoms with E-state index in [1.165, 1.54) is 10.9 Å². The Labute approximate surface area is 78.0 Å². The number of nitrogens with zero attached hydrogens (tertiary/aromatic N) is 1. The lowest BCUT2D eigenvalue weighted by atomic mass is 9.88. The number of nitrogens with one attached hydrogen (secondary N) is 1. The lowest BCUT2D eigenvalue weighted by Crippen LogP contribution is -2.11. The average molecular weight is 174 g/mol. The molecule has 0 spiro atoms. The van der Waals surface area contributed by atoms with Crippen molar-refractivity contribution in [3.8, 4) is 0 Å². The summed E-state index contributed by atoms with van der Waals surface area (Å²) >= 11 is 0. The van der Waals surface area contributed by atoms with Gasteiger partial charge in [-0.05, 0) is 23.1 Å². The Morgan fingerprint density at radius 1 is 1.31 bits per heavy atom. The topological polar surface area (TPSA) is 28.7 Å². The van der Waals surface area contributed by atoms with Crippen LogP contribution in [0.2, 0.25) is 0 Å². The first kappa shape index (κ1) is 8.30. The number of rotatable bonds is 0. The van der Waals surface area contributed by atoms with E-state index in [0.29, 0.717) is 0 Å². The molecule has 0 bridgehead atoms. The Morgan fingerprint density at radius 3 is 2.77 bits per heavy atom. The third kappa shape index (κ3) is 1.44. The molecule has 0 saturated carbocycles. The molecule has 0 aliphatic rings. The molecule has 0 aliphatic heterocycles. The standard InChI is InChI=1S/C11H14N2/c1-11(2,3)9-6-8-4-5-12-10(8)13-7-9/h4-7H,1-3H3,(H,12,13). The molecule has 2 nitrogen and oxygen atoms in total. The van der Waals surface area contributed by atoms with Gasteiger partial charge in [-0.1, -0.05) is 20.8 Å². The van der Waals surface area contributed by atoms with Crippen molar-refractivity contribution in [2.75, 3.05) is 0 Å². The van der Waals surface area contributed by atoms with Crippen LogP contribution in [-0.4, -0.2) is 9.97 Å². The van der Waals surface area contributed by atoms with E-state index in [-0.39, 0.29) is 5.41 Å². The lowest BCUT2D eigenvalue weighted by Gasteiger charge is -2.18. The number of aromatic amines is 1. The van der Waals surface area contributed by atoms with Crippen LogP contribution in [0.4, 0.5) is 0 Å². The molecular formula is C11H14N2. The van der Waals surface area contributed by atoms with E-state index in [0.717, 1.165) is 5.65 Å². The van der Waals surface area contributed by atoms with Crippen LogP contribution in [0.3, 0.4) is 0 Å². The molecule has 2 heteroatoms. The van der Waals surface area contributed by atoms with Crippen LogP contribution in [0.5, 0.6) is 0 Å². The normalized spacial score (nSPS) is 12.2. The van der Waals surface area contributed by atoms with Crippen molar-refractivity contribution < 1.29 is 0 Å². The van der Waals surface area contributed by atoms with Crippen molar-refractivity contribution in [2.45, 2.75) is 26.2 Å². The Kier molecular flexibility index (Phi) is 1.65. The van der Waals surface area contributed by atoms with E-state index in [1.807, 2.05) is 12.4 Å². The highest BCUT2D eigenvalue weighted by Crippen LogP contribution is 2.23. The summed E-state index contributed by atoms with van der Waals surface area (Å²) in [5, 5.41) is 1.19. The predicted molar refractivity (Wildman–Crippen MR) is 54.8 cm³/mol. The second kappa shape index (κ2) is 2.59. The summed E-state index contributed by atoms with van der Waals surface area (Å²) in [4.78, 5) is 7.44. The first-order chi connectivity index (χ1) is 6.07. The number of H-pyrrole nitrogens is 1. The van der Waals surface area contributed by atoms with Crippen LogP contribution in [0.15, 0.2) is 24.5 Å². The van der Waals surface area contributed by atoms with Gasteiger partial charge in [0.25, 0.3) is 0 Å². The van der Waals surface area contributed by atoms with Gasteiger partial charge in [-0.3, -0.25) is 0 Å². The van der Waals surface area contributed by atoms with Crippen molar-refractivity contribution in [3.63, 3.8) is 0 Å². The molecule has 0 aromatic carbocycles. The first-order valence-corrected chi connectivity index (χ1v) is 4.51. The Balaban J connectivity index is 2.61. The zero-order chi connectivity index (χ0) is 9.47. The zero-order valence-electron chi connectivity index (χ0n) is 8.26. The van der Waals surface area contributed by atoms with Gasteiger partial charge in [0, 0.05) is 17.8 Å². The van der Waals surface area contributed by atoms with Crippen LogP contribution in [-0.2, 0) is 5.41 Å². The molecule has 2 aromatic heterocycles. The molecule has 1 N–H and O–H groups in total. The SMILES string of the molecule is CC(C)(C)c1cnc2[nH]ccc2c1. The number of hydrogen-bond acceptors (Lipinski definition) is 1. The minimum Gasteiger partial charge on any atom is -0.346 e. The molecule has 0 saturated heterocycles. The highest BCUT2D eigenvalue weighted by Gasteiger charge is 2.14. The van der Waals surface area contributed by atoms with Crippen molar-refractivity contribution in [2.24, 2.45) is 0 Å². The fourth-order valence-electron chi connectivity index (χ4n) is 1.35. The summed E-state index contributed by atoms with van der Waals surface area (Å²) in [6.07, 6.45) is 3.86. The van der Waals surface area contributed by atoms with Crippen molar-refractivity contribution >= 4 is 11.0 Å². The third-order valence-electron chi connectivity index (χ3n) is 2.27. The van der Waals surface area contributed by atoms with Crippen molar-refractivity contribution in [1.29, 1.82) is 0 Å². The van der Waals surface area contributed by atoms with Gasteiger partial charge in [0.05, 0.1) is 0 Å². The fourth-order valence-corrected chi connectivity index (χ4v) is 1.35. The Morgan fingerprint density at radius 2 is 2.08 bits per heavy atom. The summed E-state index contributed by atoms with van der Waals surface area (Å²) < 4.78 is 0. The minimum atomic E-state index is 0.179. The number of hydrogen-bond donors (Lipinski definition) is 1. The van der Waals surface area contributed by atoms with Gasteiger partial charge in [-0.25, -0.2) is 4.98 Å². The summed E-state index contributed by atoms with van der Waals surface area (Å²) in [6.45, 7) is 6.59. The van der Waals surface area contributed by atoms with Gasteiger partial charge in [-0.15, -0.1) is 0 Å². The smallest absolute Gasteiger partial charge is 0.137 e. The van der Waals surface area contributed by atoms with Gasteiger partial charge in [0.15, 0.2) is 0 Å². The Bertz CT molecular complexity index is 421. The van der Waals surface area contributed by atoms with Crippen molar-refractivity contribution in [3.05, 3.63) is 30.1 Å². The van der Waals surface area contributed by atoms with Gasteiger partial charge in [0.2, 0.25) is 0 Å². The quantitative estimate of drug-likeness (QED) is 0.653. The zero-order valence-corrected chi connectivity index (χ0v) is 8.26. The molecule has 0 amide bonds. The third-order valence-corrected chi connectivity index (χ3v) is 2.27. The first-order valence-electron chi connectivity index (χ1n) is 4.51. The van der Waals surface area contributed by atoms with E-state index >= 15 is 0 Å². The maximum absolute atomic E-state index is 4.35. The van der Waals surface area contributed by atoms with Crippen molar-refractivity contribution in [1.82, 2.24) is 9.97 Å². The Hall–Kier alpha value is -1.31. The van der Waals surface area contributed by atoms with Crippen LogP contribution >= 0.6 is 0 Å². The second-order valence-electron chi connectivity index (χ2n) is 4.39. The molecule has 0 unspecified atom stereocenters. The fraction of sp³-hybridized carbons (Fsp3) is 0.364. The van der Waals surface area contributed by atoms with E-state index in [4.69, 9.17) is 0 Å². The molecule has 0 radical (unpaired) electrons. The second-order valence-corrected chi connectivity index (χ2v) is 4.39. The summed E-state index contributed by atoms with van der Waals surface area (Å²) in [7, 11) is 0. The molecule has 2 rings (SSSR count). The minimum absolute atomic E-state index is 0.179. The molecule has 0 fully saturated rings. The molecule has 2 aromatic rings. The van der Waals surface area contributed by atoms with Gasteiger partial charge >= 0.3 is 0 Å². The van der Waals surface area contributed by atoms with Gasteiger partial charge < -0.3 is 4.98 Å².